The third kappa shape index (κ3) is 4.44. The van der Waals surface area contributed by atoms with Gasteiger partial charge in [0.15, 0.2) is 0 Å². The molecule has 0 aromatic rings. The first-order valence-corrected chi connectivity index (χ1v) is 14.5. The van der Waals surface area contributed by atoms with Gasteiger partial charge in [0.2, 0.25) is 0 Å². The minimum Gasteiger partial charge on any atom is -0.382 e. The molecule has 1 heterocycles. The van der Waals surface area contributed by atoms with Gasteiger partial charge in [0.25, 0.3) is 5.91 Å². The molecule has 8 heteroatoms. The zero-order chi connectivity index (χ0) is 21.4. The monoisotopic (exact) mass is 424 g/mol. The summed E-state index contributed by atoms with van der Waals surface area (Å²) in [5.74, 6) is 0.106. The Morgan fingerprint density at radius 2 is 1.72 bits per heavy atom. The Morgan fingerprint density at radius 1 is 1.10 bits per heavy atom. The molecule has 1 atom stereocenters. The van der Waals surface area contributed by atoms with Crippen molar-refractivity contribution in [1.82, 2.24) is 9.80 Å². The quantitative estimate of drug-likeness (QED) is 0.340. The van der Waals surface area contributed by atoms with E-state index in [0.29, 0.717) is 25.2 Å². The Labute approximate surface area is 175 Å². The van der Waals surface area contributed by atoms with Crippen molar-refractivity contribution in [2.75, 3.05) is 27.1 Å². The fourth-order valence-corrected chi connectivity index (χ4v) is 5.79. The van der Waals surface area contributed by atoms with E-state index in [4.69, 9.17) is 9.47 Å². The SMILES string of the molecule is COC[C@]1(C)C(=O)N(COCC[Si](C)(C)C)C(=O)N1C1CC2(CCC(=O)CC2)C1. The van der Waals surface area contributed by atoms with Gasteiger partial charge in [-0.25, -0.2) is 9.69 Å². The fraction of sp³-hybridized carbons (Fsp3) is 0.857. The van der Waals surface area contributed by atoms with Crippen molar-refractivity contribution in [3.05, 3.63) is 0 Å². The summed E-state index contributed by atoms with van der Waals surface area (Å²) in [5.41, 5.74) is -0.831. The van der Waals surface area contributed by atoms with Crippen LogP contribution in [0.15, 0.2) is 0 Å². The molecule has 0 bridgehead atoms. The molecule has 1 spiro atoms. The van der Waals surface area contributed by atoms with E-state index in [1.54, 1.807) is 18.9 Å². The van der Waals surface area contributed by atoms with E-state index in [-0.39, 0.29) is 36.7 Å². The van der Waals surface area contributed by atoms with Gasteiger partial charge in [-0.15, -0.1) is 0 Å². The van der Waals surface area contributed by atoms with Crippen LogP contribution in [0.2, 0.25) is 25.7 Å². The molecule has 3 rings (SSSR count). The summed E-state index contributed by atoms with van der Waals surface area (Å²) in [6, 6.07) is 0.743. The van der Waals surface area contributed by atoms with Crippen LogP contribution in [-0.4, -0.2) is 74.2 Å². The number of urea groups is 1. The lowest BCUT2D eigenvalue weighted by Gasteiger charge is -2.54. The van der Waals surface area contributed by atoms with E-state index < -0.39 is 13.6 Å². The molecular weight excluding hydrogens is 388 g/mol. The molecule has 0 unspecified atom stereocenters. The molecule has 7 nitrogen and oxygen atoms in total. The number of carbonyl (C=O) groups is 3. The van der Waals surface area contributed by atoms with Crippen LogP contribution in [0.3, 0.4) is 0 Å². The topological polar surface area (TPSA) is 76.2 Å². The second kappa shape index (κ2) is 8.11. The maximum Gasteiger partial charge on any atom is 0.329 e. The van der Waals surface area contributed by atoms with Gasteiger partial charge in [-0.1, -0.05) is 19.6 Å². The normalized spacial score (nSPS) is 27.8. The number of imide groups is 1. The lowest BCUT2D eigenvalue weighted by molar-refractivity contribution is -0.141. The summed E-state index contributed by atoms with van der Waals surface area (Å²) in [6.45, 7) is 9.35. The van der Waals surface area contributed by atoms with Crippen molar-refractivity contribution >= 4 is 25.8 Å². The molecule has 0 aromatic heterocycles. The van der Waals surface area contributed by atoms with Crippen LogP contribution in [0.4, 0.5) is 4.79 Å². The smallest absolute Gasteiger partial charge is 0.329 e. The number of ketones is 1. The third-order valence-electron chi connectivity index (χ3n) is 6.89. The van der Waals surface area contributed by atoms with Crippen LogP contribution in [-0.2, 0) is 19.1 Å². The highest BCUT2D eigenvalue weighted by Crippen LogP contribution is 2.54. The van der Waals surface area contributed by atoms with E-state index in [2.05, 4.69) is 19.6 Å². The predicted octanol–water partition coefficient (Wildman–Crippen LogP) is 3.26. The Balaban J connectivity index is 1.66. The predicted molar refractivity (Wildman–Crippen MR) is 112 cm³/mol. The number of amides is 3. The molecule has 3 amide bonds. The molecule has 1 saturated heterocycles. The van der Waals surface area contributed by atoms with E-state index >= 15 is 0 Å². The maximum absolute atomic E-state index is 13.2. The Morgan fingerprint density at radius 3 is 2.28 bits per heavy atom. The summed E-state index contributed by atoms with van der Waals surface area (Å²) < 4.78 is 11.1. The Bertz CT molecular complexity index is 658. The van der Waals surface area contributed by atoms with Crippen molar-refractivity contribution < 1.29 is 23.9 Å². The average molecular weight is 425 g/mol. The molecule has 2 saturated carbocycles. The van der Waals surface area contributed by atoms with Crippen molar-refractivity contribution in [1.29, 1.82) is 0 Å². The number of ether oxygens (including phenoxy) is 2. The maximum atomic E-state index is 13.2. The number of rotatable bonds is 8. The molecule has 164 valence electrons. The van der Waals surface area contributed by atoms with E-state index in [0.717, 1.165) is 31.7 Å². The standard InChI is InChI=1S/C21H36N2O5Si/c1-20(14-27-2)18(25)22(15-28-10-11-29(3,4)5)19(26)23(20)16-12-21(13-16)8-6-17(24)7-9-21/h16H,6-15H2,1-5H3/t20-/m1/s1. The molecule has 0 radical (unpaired) electrons. The second-order valence-electron chi connectivity index (χ2n) is 10.5. The van der Waals surface area contributed by atoms with E-state index in [1.807, 2.05) is 0 Å². The van der Waals surface area contributed by atoms with Crippen LogP contribution >= 0.6 is 0 Å². The Hall–Kier alpha value is -1.25. The van der Waals surface area contributed by atoms with Gasteiger partial charge in [0.1, 0.15) is 18.1 Å². The fourth-order valence-electron chi connectivity index (χ4n) is 5.03. The average Bonchev–Trinajstić information content (AvgIpc) is 2.77. The van der Waals surface area contributed by atoms with Gasteiger partial charge >= 0.3 is 6.03 Å². The minimum absolute atomic E-state index is 0.00428. The zero-order valence-corrected chi connectivity index (χ0v) is 19.6. The number of methoxy groups -OCH3 is 1. The first-order valence-electron chi connectivity index (χ1n) is 10.8. The molecular formula is C21H36N2O5Si. The molecule has 0 aromatic carbocycles. The van der Waals surface area contributed by atoms with Gasteiger partial charge in [0.05, 0.1) is 6.61 Å². The summed E-state index contributed by atoms with van der Waals surface area (Å²) in [6.07, 6.45) is 4.83. The van der Waals surface area contributed by atoms with Crippen LogP contribution in [0, 0.1) is 5.41 Å². The molecule has 0 N–H and O–H groups in total. The summed E-state index contributed by atoms with van der Waals surface area (Å²) >= 11 is 0. The van der Waals surface area contributed by atoms with Crippen LogP contribution in [0.5, 0.6) is 0 Å². The molecule has 1 aliphatic heterocycles. The first kappa shape index (κ1) is 22.4. The number of carbonyl (C=O) groups excluding carboxylic acids is 3. The molecule has 2 aliphatic carbocycles. The van der Waals surface area contributed by atoms with Crippen molar-refractivity contribution in [2.24, 2.45) is 5.41 Å². The second-order valence-corrected chi connectivity index (χ2v) is 16.2. The van der Waals surface area contributed by atoms with Gasteiger partial charge in [-0.2, -0.15) is 0 Å². The Kier molecular flexibility index (Phi) is 6.28. The lowest BCUT2D eigenvalue weighted by Crippen LogP contribution is -2.61. The van der Waals surface area contributed by atoms with Crippen molar-refractivity contribution in [3.8, 4) is 0 Å². The highest BCUT2D eigenvalue weighted by Gasteiger charge is 2.61. The lowest BCUT2D eigenvalue weighted by atomic mass is 9.57. The van der Waals surface area contributed by atoms with Crippen molar-refractivity contribution in [2.45, 2.75) is 82.7 Å². The largest absolute Gasteiger partial charge is 0.382 e. The van der Waals surface area contributed by atoms with Gasteiger partial charge in [0, 0.05) is 40.7 Å². The zero-order valence-electron chi connectivity index (χ0n) is 18.6. The minimum atomic E-state index is -1.23. The van der Waals surface area contributed by atoms with Crippen LogP contribution in [0.1, 0.15) is 45.4 Å². The van der Waals surface area contributed by atoms with E-state index in [1.165, 1.54) is 4.90 Å². The van der Waals surface area contributed by atoms with Crippen LogP contribution in [0.25, 0.3) is 0 Å². The van der Waals surface area contributed by atoms with Gasteiger partial charge in [-0.05, 0) is 44.1 Å². The number of hydrogen-bond donors (Lipinski definition) is 0. The van der Waals surface area contributed by atoms with Gasteiger partial charge in [-0.3, -0.25) is 9.59 Å². The highest BCUT2D eigenvalue weighted by molar-refractivity contribution is 6.76. The van der Waals surface area contributed by atoms with Crippen molar-refractivity contribution in [3.63, 3.8) is 0 Å². The van der Waals surface area contributed by atoms with E-state index in [9.17, 15) is 14.4 Å². The first-order chi connectivity index (χ1) is 13.5. The number of nitrogens with zero attached hydrogens (tertiary/aromatic N) is 2. The summed E-state index contributed by atoms with van der Waals surface area (Å²) in [4.78, 5) is 40.9. The summed E-state index contributed by atoms with van der Waals surface area (Å²) in [7, 11) is 0.326. The van der Waals surface area contributed by atoms with Crippen LogP contribution < -0.4 is 0 Å². The number of hydrogen-bond acceptors (Lipinski definition) is 5. The molecule has 3 aliphatic rings. The number of Topliss-reactive ketones (excluding diaryl/α,β-unsaturated/α-hetero) is 1. The summed E-state index contributed by atoms with van der Waals surface area (Å²) in [5, 5.41) is 0. The molecule has 3 fully saturated rings. The molecule has 29 heavy (non-hydrogen) atoms. The van der Waals surface area contributed by atoms with Gasteiger partial charge < -0.3 is 14.4 Å². The highest BCUT2D eigenvalue weighted by atomic mass is 28.3. The third-order valence-corrected chi connectivity index (χ3v) is 8.59.